The highest BCUT2D eigenvalue weighted by Gasteiger charge is 2.24. The van der Waals surface area contributed by atoms with Gasteiger partial charge in [0.15, 0.2) is 0 Å². The third-order valence-electron chi connectivity index (χ3n) is 6.33. The molecule has 1 saturated heterocycles. The number of rotatable bonds is 7. The molecule has 0 aliphatic carbocycles. The maximum atomic E-state index is 11.7. The molecule has 2 aromatic heterocycles. The Morgan fingerprint density at radius 3 is 2.51 bits per heavy atom. The molecule has 0 spiro atoms. The van der Waals surface area contributed by atoms with Crippen molar-refractivity contribution in [3.05, 3.63) is 35.0 Å². The lowest BCUT2D eigenvalue weighted by Gasteiger charge is -2.34. The van der Waals surface area contributed by atoms with E-state index in [1.54, 1.807) is 11.5 Å². The van der Waals surface area contributed by atoms with Crippen LogP contribution in [0.2, 0.25) is 5.02 Å². The first-order valence-corrected chi connectivity index (χ1v) is 12.4. The van der Waals surface area contributed by atoms with Crippen LogP contribution in [0, 0.1) is 0 Å². The lowest BCUT2D eigenvalue weighted by Crippen LogP contribution is -2.48. The van der Waals surface area contributed by atoms with E-state index < -0.39 is 0 Å². The number of aromatic nitrogens is 3. The standard InChI is InChI=1S/C25H33ClN6O3/c1-6-35-21-8-7-18(13-20(21)26)16(4)27-23-19-14-32(15(2)3)24(34)22(19)28-25(29-23)31-11-9-30(10-12-31)17(5)33/h7-8,13-16,34H,6,9-12H2,1-5H3,(H,27,28,29)/t16-/m1/s1. The SMILES string of the molecule is CCOc1ccc([C@@H](C)Nc2nc(N3CCN(C(C)=O)CC3)nc3c(O)n(C(C)C)cc23)cc1Cl. The van der Waals surface area contributed by atoms with Crippen LogP contribution in [0.3, 0.4) is 0 Å². The van der Waals surface area contributed by atoms with Crippen molar-refractivity contribution in [2.75, 3.05) is 43.0 Å². The maximum absolute atomic E-state index is 11.7. The minimum atomic E-state index is -0.117. The quantitative estimate of drug-likeness (QED) is 0.489. The minimum absolute atomic E-state index is 0.0574. The number of carbonyl (C=O) groups excluding carboxylic acids is 1. The summed E-state index contributed by atoms with van der Waals surface area (Å²) in [6.45, 7) is 12.6. The average molecular weight is 501 g/mol. The Labute approximate surface area is 210 Å². The topological polar surface area (TPSA) is 95.8 Å². The Morgan fingerprint density at radius 1 is 1.20 bits per heavy atom. The van der Waals surface area contributed by atoms with Crippen LogP contribution in [0.1, 0.15) is 52.3 Å². The minimum Gasteiger partial charge on any atom is -0.493 e. The van der Waals surface area contributed by atoms with Gasteiger partial charge in [-0.1, -0.05) is 17.7 Å². The molecule has 0 unspecified atom stereocenters. The summed E-state index contributed by atoms with van der Waals surface area (Å²) in [7, 11) is 0. The van der Waals surface area contributed by atoms with Crippen molar-refractivity contribution < 1.29 is 14.6 Å². The molecule has 0 radical (unpaired) electrons. The van der Waals surface area contributed by atoms with Gasteiger partial charge in [0.1, 0.15) is 17.1 Å². The van der Waals surface area contributed by atoms with Gasteiger partial charge >= 0.3 is 0 Å². The third kappa shape index (κ3) is 5.10. The summed E-state index contributed by atoms with van der Waals surface area (Å²) in [6, 6.07) is 5.68. The zero-order chi connectivity index (χ0) is 25.3. The predicted molar refractivity (Wildman–Crippen MR) is 139 cm³/mol. The van der Waals surface area contributed by atoms with Gasteiger partial charge in [0.05, 0.1) is 23.1 Å². The van der Waals surface area contributed by atoms with E-state index in [0.29, 0.717) is 60.8 Å². The summed E-state index contributed by atoms with van der Waals surface area (Å²) < 4.78 is 7.35. The molecule has 2 N–H and O–H groups in total. The lowest BCUT2D eigenvalue weighted by atomic mass is 10.1. The molecule has 10 heteroatoms. The van der Waals surface area contributed by atoms with Crippen LogP contribution in [0.15, 0.2) is 24.4 Å². The number of nitrogens with one attached hydrogen (secondary N) is 1. The largest absolute Gasteiger partial charge is 0.493 e. The van der Waals surface area contributed by atoms with Gasteiger partial charge in [-0.2, -0.15) is 4.98 Å². The number of anilines is 2. The van der Waals surface area contributed by atoms with Gasteiger partial charge in [0.25, 0.3) is 0 Å². The molecule has 1 fully saturated rings. The highest BCUT2D eigenvalue weighted by molar-refractivity contribution is 6.32. The highest BCUT2D eigenvalue weighted by Crippen LogP contribution is 2.36. The van der Waals surface area contributed by atoms with E-state index in [9.17, 15) is 9.90 Å². The van der Waals surface area contributed by atoms with E-state index in [2.05, 4.69) is 10.2 Å². The molecule has 4 rings (SSSR count). The molecule has 1 aromatic carbocycles. The number of piperazine rings is 1. The number of hydrogen-bond donors (Lipinski definition) is 2. The highest BCUT2D eigenvalue weighted by atomic mass is 35.5. The van der Waals surface area contributed by atoms with Crippen molar-refractivity contribution in [2.45, 2.75) is 46.7 Å². The van der Waals surface area contributed by atoms with E-state index in [-0.39, 0.29) is 23.9 Å². The van der Waals surface area contributed by atoms with Gasteiger partial charge in [-0.25, -0.2) is 4.98 Å². The summed E-state index contributed by atoms with van der Waals surface area (Å²) in [5.41, 5.74) is 1.48. The Bertz CT molecular complexity index is 1220. The number of amides is 1. The second kappa shape index (κ2) is 10.2. The van der Waals surface area contributed by atoms with Gasteiger partial charge in [0.2, 0.25) is 17.7 Å². The summed E-state index contributed by atoms with van der Waals surface area (Å²) in [6.07, 6.45) is 1.88. The van der Waals surface area contributed by atoms with Crippen molar-refractivity contribution in [1.82, 2.24) is 19.4 Å². The molecule has 188 valence electrons. The smallest absolute Gasteiger partial charge is 0.228 e. The molecular weight excluding hydrogens is 468 g/mol. The van der Waals surface area contributed by atoms with Gasteiger partial charge in [0, 0.05) is 45.3 Å². The zero-order valence-electron chi connectivity index (χ0n) is 20.9. The number of aromatic hydroxyl groups is 1. The molecule has 35 heavy (non-hydrogen) atoms. The van der Waals surface area contributed by atoms with E-state index in [1.165, 1.54) is 0 Å². The van der Waals surface area contributed by atoms with Crippen molar-refractivity contribution in [3.8, 4) is 11.6 Å². The number of nitrogens with zero attached hydrogens (tertiary/aromatic N) is 5. The van der Waals surface area contributed by atoms with Gasteiger partial charge in [-0.3, -0.25) is 4.79 Å². The molecule has 3 heterocycles. The zero-order valence-corrected chi connectivity index (χ0v) is 21.6. The Kier molecular flexibility index (Phi) is 7.25. The van der Waals surface area contributed by atoms with Crippen molar-refractivity contribution in [1.29, 1.82) is 0 Å². The first kappa shape index (κ1) is 24.9. The van der Waals surface area contributed by atoms with Crippen LogP contribution < -0.4 is 15.0 Å². The van der Waals surface area contributed by atoms with Crippen molar-refractivity contribution >= 4 is 40.2 Å². The van der Waals surface area contributed by atoms with Gasteiger partial charge in [-0.15, -0.1) is 0 Å². The number of fused-ring (bicyclic) bond motifs is 1. The molecule has 3 aromatic rings. The number of halogens is 1. The summed E-state index contributed by atoms with van der Waals surface area (Å²) in [5.74, 6) is 1.99. The van der Waals surface area contributed by atoms with Crippen LogP contribution in [-0.2, 0) is 4.79 Å². The van der Waals surface area contributed by atoms with Crippen LogP contribution in [-0.4, -0.2) is 63.2 Å². The number of ether oxygens (including phenoxy) is 1. The van der Waals surface area contributed by atoms with E-state index >= 15 is 0 Å². The van der Waals surface area contributed by atoms with E-state index in [4.69, 9.17) is 26.3 Å². The van der Waals surface area contributed by atoms with Gasteiger partial charge < -0.3 is 29.5 Å². The first-order valence-electron chi connectivity index (χ1n) is 12.0. The lowest BCUT2D eigenvalue weighted by molar-refractivity contribution is -0.129. The van der Waals surface area contributed by atoms with Crippen molar-refractivity contribution in [2.24, 2.45) is 0 Å². The fourth-order valence-corrected chi connectivity index (χ4v) is 4.53. The van der Waals surface area contributed by atoms with Crippen molar-refractivity contribution in [3.63, 3.8) is 0 Å². The normalized spacial score (nSPS) is 15.1. The Morgan fingerprint density at radius 2 is 1.91 bits per heavy atom. The number of hydrogen-bond acceptors (Lipinski definition) is 7. The molecule has 9 nitrogen and oxygen atoms in total. The number of carbonyl (C=O) groups is 1. The maximum Gasteiger partial charge on any atom is 0.228 e. The number of benzene rings is 1. The van der Waals surface area contributed by atoms with Gasteiger partial charge in [-0.05, 0) is 45.4 Å². The van der Waals surface area contributed by atoms with Crippen LogP contribution in [0.4, 0.5) is 11.8 Å². The second-order valence-electron chi connectivity index (χ2n) is 9.07. The molecule has 0 bridgehead atoms. The molecule has 1 amide bonds. The molecule has 0 saturated carbocycles. The predicted octanol–water partition coefficient (Wildman–Crippen LogP) is 4.61. The summed E-state index contributed by atoms with van der Waals surface area (Å²) in [5, 5.41) is 15.7. The van der Waals surface area contributed by atoms with Crippen LogP contribution in [0.25, 0.3) is 10.9 Å². The molecule has 1 atom stereocenters. The Balaban J connectivity index is 1.69. The van der Waals surface area contributed by atoms with Crippen LogP contribution in [0.5, 0.6) is 11.6 Å². The fraction of sp³-hybridized carbons (Fsp3) is 0.480. The molecule has 1 aliphatic rings. The van der Waals surface area contributed by atoms with Crippen LogP contribution >= 0.6 is 11.6 Å². The van der Waals surface area contributed by atoms with E-state index in [1.807, 2.05) is 57.0 Å². The first-order chi connectivity index (χ1) is 16.7. The average Bonchev–Trinajstić information content (AvgIpc) is 3.17. The summed E-state index contributed by atoms with van der Waals surface area (Å²) in [4.78, 5) is 25.2. The molecular formula is C25H33ClN6O3. The third-order valence-corrected chi connectivity index (χ3v) is 6.63. The monoisotopic (exact) mass is 500 g/mol. The Hall–Kier alpha value is -3.20. The summed E-state index contributed by atoms with van der Waals surface area (Å²) >= 11 is 6.42. The second-order valence-corrected chi connectivity index (χ2v) is 9.48. The fourth-order valence-electron chi connectivity index (χ4n) is 4.29. The van der Waals surface area contributed by atoms with E-state index in [0.717, 1.165) is 10.9 Å². The molecule has 1 aliphatic heterocycles.